The minimum Gasteiger partial charge on any atom is -0.313 e. The summed E-state index contributed by atoms with van der Waals surface area (Å²) in [5.41, 5.74) is 0. The number of benzene rings is 1. The van der Waals surface area contributed by atoms with E-state index in [0.29, 0.717) is 5.02 Å². The Morgan fingerprint density at radius 3 is 2.53 bits per heavy atom. The van der Waals surface area contributed by atoms with Gasteiger partial charge in [0.1, 0.15) is 0 Å². The second-order valence-corrected chi connectivity index (χ2v) is 6.19. The average Bonchev–Trinajstić information content (AvgIpc) is 2.35. The van der Waals surface area contributed by atoms with Gasteiger partial charge in [0, 0.05) is 6.04 Å². The van der Waals surface area contributed by atoms with Crippen LogP contribution in [0.4, 0.5) is 0 Å². The highest BCUT2D eigenvalue weighted by Gasteiger charge is 2.22. The molecule has 0 aliphatic carbocycles. The normalized spacial score (nSPS) is 16.5. The Labute approximate surface area is 111 Å². The van der Waals surface area contributed by atoms with Gasteiger partial charge in [-0.15, -0.1) is 0 Å². The molecule has 1 N–H and O–H groups in total. The lowest BCUT2D eigenvalue weighted by Crippen LogP contribution is -2.40. The zero-order valence-electron chi connectivity index (χ0n) is 10.6. The maximum atomic E-state index is 12.4. The number of hydrogen-bond acceptors (Lipinski definition) is 2. The third-order valence-corrected chi connectivity index (χ3v) is 5.10. The Kier molecular flexibility index (Phi) is 6.17. The molecule has 0 radical (unpaired) electrons. The number of nitrogens with one attached hydrogen (secondary N) is 1. The van der Waals surface area contributed by atoms with Crippen molar-refractivity contribution in [2.24, 2.45) is 0 Å². The van der Waals surface area contributed by atoms with Crippen molar-refractivity contribution in [1.82, 2.24) is 5.32 Å². The lowest BCUT2D eigenvalue weighted by atomic mass is 10.2. The van der Waals surface area contributed by atoms with Crippen LogP contribution in [-0.4, -0.2) is 22.0 Å². The monoisotopic (exact) mass is 273 g/mol. The van der Waals surface area contributed by atoms with Gasteiger partial charge in [-0.05, 0) is 32.0 Å². The van der Waals surface area contributed by atoms with Crippen molar-refractivity contribution in [3.63, 3.8) is 0 Å². The van der Waals surface area contributed by atoms with Gasteiger partial charge in [0.15, 0.2) is 0 Å². The molecule has 2 nitrogen and oxygen atoms in total. The van der Waals surface area contributed by atoms with Gasteiger partial charge in [-0.2, -0.15) is 0 Å². The molecule has 0 aliphatic heterocycles. The van der Waals surface area contributed by atoms with E-state index in [1.807, 2.05) is 25.1 Å². The molecule has 0 saturated heterocycles. The van der Waals surface area contributed by atoms with Gasteiger partial charge in [-0.25, -0.2) is 0 Å². The molecule has 1 rings (SSSR count). The molecule has 0 fully saturated rings. The van der Waals surface area contributed by atoms with E-state index in [1.54, 1.807) is 6.07 Å². The summed E-state index contributed by atoms with van der Waals surface area (Å²) in [6.45, 7) is 7.07. The Morgan fingerprint density at radius 1 is 1.35 bits per heavy atom. The quantitative estimate of drug-likeness (QED) is 0.862. The molecule has 1 aromatic carbocycles. The second kappa shape index (κ2) is 7.14. The molecule has 96 valence electrons. The highest BCUT2D eigenvalue weighted by atomic mass is 35.5. The molecule has 1 aromatic rings. The van der Waals surface area contributed by atoms with Gasteiger partial charge in [0.05, 0.1) is 26.0 Å². The van der Waals surface area contributed by atoms with Gasteiger partial charge in [0.25, 0.3) is 0 Å². The first-order chi connectivity index (χ1) is 8.11. The number of hydrogen-bond donors (Lipinski definition) is 1. The first kappa shape index (κ1) is 14.7. The SMILES string of the molecule is CCNC(CC)C(C)S(=O)c1ccccc1Cl. The Balaban J connectivity index is 2.85. The maximum Gasteiger partial charge on any atom is 0.0588 e. The van der Waals surface area contributed by atoms with Gasteiger partial charge in [-0.3, -0.25) is 4.21 Å². The van der Waals surface area contributed by atoms with Crippen molar-refractivity contribution in [3.05, 3.63) is 29.3 Å². The van der Waals surface area contributed by atoms with Crippen LogP contribution >= 0.6 is 11.6 Å². The zero-order chi connectivity index (χ0) is 12.8. The van der Waals surface area contributed by atoms with E-state index in [1.165, 1.54) is 0 Å². The van der Waals surface area contributed by atoms with Gasteiger partial charge in [0.2, 0.25) is 0 Å². The molecule has 0 saturated carbocycles. The molecule has 0 aliphatic rings. The van der Waals surface area contributed by atoms with Crippen LogP contribution in [-0.2, 0) is 10.8 Å². The molecular formula is C13H20ClNOS. The molecule has 0 spiro atoms. The molecule has 3 unspecified atom stereocenters. The summed E-state index contributed by atoms with van der Waals surface area (Å²) in [6, 6.07) is 7.62. The third-order valence-electron chi connectivity index (χ3n) is 2.86. The van der Waals surface area contributed by atoms with Crippen molar-refractivity contribution in [3.8, 4) is 0 Å². The van der Waals surface area contributed by atoms with Crippen LogP contribution in [0, 0.1) is 0 Å². The van der Waals surface area contributed by atoms with Crippen LogP contribution in [0.2, 0.25) is 5.02 Å². The predicted octanol–water partition coefficient (Wildman–Crippen LogP) is 3.22. The van der Waals surface area contributed by atoms with Crippen LogP contribution in [0.25, 0.3) is 0 Å². The fourth-order valence-electron chi connectivity index (χ4n) is 1.86. The fraction of sp³-hybridized carbons (Fsp3) is 0.538. The standard InChI is InChI=1S/C13H20ClNOS/c1-4-12(15-5-2)10(3)17(16)13-9-7-6-8-11(13)14/h6-10,12,15H,4-5H2,1-3H3. The molecule has 0 amide bonds. The Hall–Kier alpha value is -0.380. The largest absolute Gasteiger partial charge is 0.313 e. The first-order valence-electron chi connectivity index (χ1n) is 6.00. The summed E-state index contributed by atoms with van der Waals surface area (Å²) in [6.07, 6.45) is 0.963. The summed E-state index contributed by atoms with van der Waals surface area (Å²) < 4.78 is 12.4. The fourth-order valence-corrected chi connectivity index (χ4v) is 3.69. The molecule has 0 aromatic heterocycles. The molecule has 0 bridgehead atoms. The van der Waals surface area contributed by atoms with Crippen molar-refractivity contribution in [2.45, 2.75) is 43.4 Å². The highest BCUT2D eigenvalue weighted by Crippen LogP contribution is 2.23. The molecule has 17 heavy (non-hydrogen) atoms. The minimum absolute atomic E-state index is 0.0554. The Bertz CT molecular complexity index is 383. The molecule has 3 atom stereocenters. The number of rotatable bonds is 6. The highest BCUT2D eigenvalue weighted by molar-refractivity contribution is 7.85. The van der Waals surface area contributed by atoms with Crippen LogP contribution in [0.3, 0.4) is 0 Å². The minimum atomic E-state index is -1.07. The lowest BCUT2D eigenvalue weighted by Gasteiger charge is -2.23. The zero-order valence-corrected chi connectivity index (χ0v) is 12.1. The van der Waals surface area contributed by atoms with Gasteiger partial charge < -0.3 is 5.32 Å². The number of halogens is 1. The van der Waals surface area contributed by atoms with Crippen molar-refractivity contribution >= 4 is 22.4 Å². The van der Waals surface area contributed by atoms with Gasteiger partial charge in [-0.1, -0.05) is 37.6 Å². The van der Waals surface area contributed by atoms with Crippen LogP contribution in [0.15, 0.2) is 29.2 Å². The first-order valence-corrected chi connectivity index (χ1v) is 7.59. The molecular weight excluding hydrogens is 254 g/mol. The lowest BCUT2D eigenvalue weighted by molar-refractivity contribution is 0.500. The van der Waals surface area contributed by atoms with Crippen LogP contribution < -0.4 is 5.32 Å². The smallest absolute Gasteiger partial charge is 0.0588 e. The molecule has 4 heteroatoms. The predicted molar refractivity (Wildman–Crippen MR) is 75.1 cm³/mol. The van der Waals surface area contributed by atoms with E-state index < -0.39 is 10.8 Å². The molecule has 0 heterocycles. The van der Waals surface area contributed by atoms with Gasteiger partial charge >= 0.3 is 0 Å². The van der Waals surface area contributed by atoms with Crippen LogP contribution in [0.5, 0.6) is 0 Å². The van der Waals surface area contributed by atoms with E-state index in [4.69, 9.17) is 11.6 Å². The summed E-state index contributed by atoms with van der Waals surface area (Å²) in [5.74, 6) is 0. The average molecular weight is 274 g/mol. The summed E-state index contributed by atoms with van der Waals surface area (Å²) in [7, 11) is -1.07. The third kappa shape index (κ3) is 3.80. The summed E-state index contributed by atoms with van der Waals surface area (Å²) >= 11 is 6.07. The summed E-state index contributed by atoms with van der Waals surface area (Å²) in [4.78, 5) is 0.734. The van der Waals surface area contributed by atoms with E-state index in [0.717, 1.165) is 17.9 Å². The van der Waals surface area contributed by atoms with Crippen molar-refractivity contribution in [1.29, 1.82) is 0 Å². The maximum absolute atomic E-state index is 12.4. The van der Waals surface area contributed by atoms with E-state index in [-0.39, 0.29) is 11.3 Å². The van der Waals surface area contributed by atoms with E-state index in [2.05, 4.69) is 19.2 Å². The van der Waals surface area contributed by atoms with Crippen LogP contribution in [0.1, 0.15) is 27.2 Å². The van der Waals surface area contributed by atoms with E-state index >= 15 is 0 Å². The Morgan fingerprint density at radius 2 is 2.00 bits per heavy atom. The summed E-state index contributed by atoms with van der Waals surface area (Å²) in [5, 5.41) is 4.01. The van der Waals surface area contributed by atoms with Crippen molar-refractivity contribution < 1.29 is 4.21 Å². The van der Waals surface area contributed by atoms with Crippen molar-refractivity contribution in [2.75, 3.05) is 6.54 Å². The van der Waals surface area contributed by atoms with E-state index in [9.17, 15) is 4.21 Å². The second-order valence-electron chi connectivity index (χ2n) is 4.01. The topological polar surface area (TPSA) is 29.1 Å².